The second kappa shape index (κ2) is 7.16. The molecule has 3 aromatic rings. The molecule has 2 heterocycles. The SMILES string of the molecule is COc1cc2c(cc1OC)CN(C(=O)Cn1ccc3ccc(Cl)cc31)CC2. The number of hydrogen-bond acceptors (Lipinski definition) is 3. The van der Waals surface area contributed by atoms with Crippen molar-refractivity contribution in [2.24, 2.45) is 0 Å². The number of benzene rings is 2. The number of hydrogen-bond donors (Lipinski definition) is 0. The molecule has 0 bridgehead atoms. The molecule has 140 valence electrons. The van der Waals surface area contributed by atoms with Crippen LogP contribution in [0.1, 0.15) is 11.1 Å². The van der Waals surface area contributed by atoms with Crippen molar-refractivity contribution in [1.82, 2.24) is 9.47 Å². The summed E-state index contributed by atoms with van der Waals surface area (Å²) in [5.74, 6) is 1.51. The van der Waals surface area contributed by atoms with Crippen LogP contribution in [0.2, 0.25) is 5.02 Å². The van der Waals surface area contributed by atoms with E-state index in [9.17, 15) is 4.79 Å². The fraction of sp³-hybridized carbons (Fsp3) is 0.286. The summed E-state index contributed by atoms with van der Waals surface area (Å²) in [4.78, 5) is 14.8. The average molecular weight is 385 g/mol. The lowest BCUT2D eigenvalue weighted by Crippen LogP contribution is -2.37. The molecule has 2 aromatic carbocycles. The largest absolute Gasteiger partial charge is 0.493 e. The predicted octanol–water partition coefficient (Wildman–Crippen LogP) is 3.90. The molecule has 1 aromatic heterocycles. The summed E-state index contributed by atoms with van der Waals surface area (Å²) >= 11 is 6.11. The molecule has 4 rings (SSSR count). The van der Waals surface area contributed by atoms with Crippen molar-refractivity contribution in [3.8, 4) is 11.5 Å². The minimum Gasteiger partial charge on any atom is -0.493 e. The van der Waals surface area contributed by atoms with Crippen LogP contribution in [0.25, 0.3) is 10.9 Å². The predicted molar refractivity (Wildman–Crippen MR) is 106 cm³/mol. The summed E-state index contributed by atoms with van der Waals surface area (Å²) in [7, 11) is 3.26. The molecular weight excluding hydrogens is 364 g/mol. The van der Waals surface area contributed by atoms with Crippen LogP contribution in [0.4, 0.5) is 0 Å². The number of fused-ring (bicyclic) bond motifs is 2. The molecular formula is C21H21ClN2O3. The molecule has 27 heavy (non-hydrogen) atoms. The van der Waals surface area contributed by atoms with Crippen LogP contribution >= 0.6 is 11.6 Å². The van der Waals surface area contributed by atoms with Gasteiger partial charge < -0.3 is 18.9 Å². The highest BCUT2D eigenvalue weighted by molar-refractivity contribution is 6.31. The van der Waals surface area contributed by atoms with Crippen LogP contribution in [0.5, 0.6) is 11.5 Å². The Morgan fingerprint density at radius 1 is 1.07 bits per heavy atom. The van der Waals surface area contributed by atoms with E-state index in [1.807, 2.05) is 52.1 Å². The molecule has 5 nitrogen and oxygen atoms in total. The number of methoxy groups -OCH3 is 2. The quantitative estimate of drug-likeness (QED) is 0.685. The monoisotopic (exact) mass is 384 g/mol. The van der Waals surface area contributed by atoms with Crippen molar-refractivity contribution in [2.45, 2.75) is 19.5 Å². The zero-order chi connectivity index (χ0) is 19.0. The summed E-state index contributed by atoms with van der Waals surface area (Å²) in [6.45, 7) is 1.57. The van der Waals surface area contributed by atoms with Crippen LogP contribution in [-0.4, -0.2) is 36.1 Å². The summed E-state index contributed by atoms with van der Waals surface area (Å²) in [6, 6.07) is 11.7. The topological polar surface area (TPSA) is 43.7 Å². The number of nitrogens with zero attached hydrogens (tertiary/aromatic N) is 2. The number of rotatable bonds is 4. The van der Waals surface area contributed by atoms with Crippen LogP contribution in [0.15, 0.2) is 42.6 Å². The van der Waals surface area contributed by atoms with Gasteiger partial charge in [-0.1, -0.05) is 17.7 Å². The highest BCUT2D eigenvalue weighted by Crippen LogP contribution is 2.33. The van der Waals surface area contributed by atoms with E-state index >= 15 is 0 Å². The van der Waals surface area contributed by atoms with Crippen LogP contribution in [0.3, 0.4) is 0 Å². The average Bonchev–Trinajstić information content (AvgIpc) is 3.08. The lowest BCUT2D eigenvalue weighted by atomic mass is 9.98. The van der Waals surface area contributed by atoms with Crippen LogP contribution < -0.4 is 9.47 Å². The Hall–Kier alpha value is -2.66. The van der Waals surface area contributed by atoms with Crippen molar-refractivity contribution in [1.29, 1.82) is 0 Å². The Balaban J connectivity index is 1.54. The maximum Gasteiger partial charge on any atom is 0.242 e. The highest BCUT2D eigenvalue weighted by Gasteiger charge is 2.23. The number of aromatic nitrogens is 1. The van der Waals surface area contributed by atoms with E-state index in [0.717, 1.165) is 28.6 Å². The Morgan fingerprint density at radius 2 is 1.81 bits per heavy atom. The van der Waals surface area contributed by atoms with E-state index < -0.39 is 0 Å². The van der Waals surface area contributed by atoms with Crippen LogP contribution in [-0.2, 0) is 24.3 Å². The molecule has 0 saturated carbocycles. The molecule has 0 aliphatic carbocycles. The number of carbonyl (C=O) groups is 1. The van der Waals surface area contributed by atoms with Gasteiger partial charge >= 0.3 is 0 Å². The molecule has 0 radical (unpaired) electrons. The Labute approximate surface area is 163 Å². The van der Waals surface area contributed by atoms with Gasteiger partial charge in [-0.2, -0.15) is 0 Å². The van der Waals surface area contributed by atoms with Gasteiger partial charge in [0.25, 0.3) is 0 Å². The summed E-state index contributed by atoms with van der Waals surface area (Å²) < 4.78 is 12.7. The lowest BCUT2D eigenvalue weighted by molar-refractivity contribution is -0.132. The van der Waals surface area contributed by atoms with E-state index in [1.165, 1.54) is 5.56 Å². The summed E-state index contributed by atoms with van der Waals surface area (Å²) in [6.07, 6.45) is 2.74. The van der Waals surface area contributed by atoms with E-state index in [2.05, 4.69) is 0 Å². The Morgan fingerprint density at radius 3 is 2.56 bits per heavy atom. The Bertz CT molecular complexity index is 1010. The maximum absolute atomic E-state index is 12.9. The molecule has 1 aliphatic heterocycles. The van der Waals surface area contributed by atoms with Crippen molar-refractivity contribution < 1.29 is 14.3 Å². The van der Waals surface area contributed by atoms with Crippen LogP contribution in [0, 0.1) is 0 Å². The molecule has 0 atom stereocenters. The fourth-order valence-corrected chi connectivity index (χ4v) is 3.80. The van der Waals surface area contributed by atoms with Crippen molar-refractivity contribution >= 4 is 28.4 Å². The van der Waals surface area contributed by atoms with Gasteiger partial charge in [0, 0.05) is 29.8 Å². The van der Waals surface area contributed by atoms with Gasteiger partial charge in [0.05, 0.1) is 14.2 Å². The van der Waals surface area contributed by atoms with E-state index in [4.69, 9.17) is 21.1 Å². The second-order valence-corrected chi connectivity index (χ2v) is 7.12. The van der Waals surface area contributed by atoms with Crippen molar-refractivity contribution in [3.63, 3.8) is 0 Å². The standard InChI is InChI=1S/C21H21ClN2O3/c1-26-19-9-15-6-8-24(12-16(15)10-20(19)27-2)21(25)13-23-7-5-14-3-4-17(22)11-18(14)23/h3-5,7,9-11H,6,8,12-13H2,1-2H3. The first-order valence-electron chi connectivity index (χ1n) is 8.85. The normalized spacial score (nSPS) is 13.5. The molecule has 1 aliphatic rings. The number of halogens is 1. The summed E-state index contributed by atoms with van der Waals surface area (Å²) in [5.41, 5.74) is 3.28. The van der Waals surface area contributed by atoms with E-state index in [1.54, 1.807) is 14.2 Å². The zero-order valence-corrected chi connectivity index (χ0v) is 16.1. The summed E-state index contributed by atoms with van der Waals surface area (Å²) in [5, 5.41) is 1.75. The molecule has 0 unspecified atom stereocenters. The third kappa shape index (κ3) is 3.35. The number of amides is 1. The molecule has 6 heteroatoms. The Kier molecular flexibility index (Phi) is 4.70. The van der Waals surface area contributed by atoms with Gasteiger partial charge in [-0.15, -0.1) is 0 Å². The first kappa shape index (κ1) is 17.7. The molecule has 0 saturated heterocycles. The first-order chi connectivity index (χ1) is 13.1. The third-order valence-electron chi connectivity index (χ3n) is 5.11. The van der Waals surface area contributed by atoms with Gasteiger partial charge in [-0.05, 0) is 53.3 Å². The molecule has 0 fully saturated rings. The molecule has 0 spiro atoms. The fourth-order valence-electron chi connectivity index (χ4n) is 3.64. The minimum absolute atomic E-state index is 0.0907. The highest BCUT2D eigenvalue weighted by atomic mass is 35.5. The lowest BCUT2D eigenvalue weighted by Gasteiger charge is -2.30. The molecule has 1 amide bonds. The van der Waals surface area contributed by atoms with Gasteiger partial charge in [0.15, 0.2) is 11.5 Å². The van der Waals surface area contributed by atoms with Crippen molar-refractivity contribution in [2.75, 3.05) is 20.8 Å². The maximum atomic E-state index is 12.9. The second-order valence-electron chi connectivity index (χ2n) is 6.69. The number of ether oxygens (including phenoxy) is 2. The van der Waals surface area contributed by atoms with Crippen molar-refractivity contribution in [3.05, 3.63) is 58.7 Å². The van der Waals surface area contributed by atoms with E-state index in [-0.39, 0.29) is 5.91 Å². The van der Waals surface area contributed by atoms with Gasteiger partial charge in [-0.3, -0.25) is 4.79 Å². The third-order valence-corrected chi connectivity index (χ3v) is 5.35. The smallest absolute Gasteiger partial charge is 0.242 e. The van der Waals surface area contributed by atoms with E-state index in [0.29, 0.717) is 30.4 Å². The van der Waals surface area contributed by atoms with Gasteiger partial charge in [0.2, 0.25) is 5.91 Å². The van der Waals surface area contributed by atoms with Gasteiger partial charge in [0.1, 0.15) is 6.54 Å². The first-order valence-corrected chi connectivity index (χ1v) is 9.23. The minimum atomic E-state index is 0.0907. The van der Waals surface area contributed by atoms with Gasteiger partial charge in [-0.25, -0.2) is 0 Å². The number of carbonyl (C=O) groups excluding carboxylic acids is 1. The molecule has 0 N–H and O–H groups in total. The zero-order valence-electron chi connectivity index (χ0n) is 15.4.